The molecule has 3 aromatic carbocycles. The first kappa shape index (κ1) is 24.3. The highest BCUT2D eigenvalue weighted by molar-refractivity contribution is 6.31. The minimum absolute atomic E-state index is 0.297. The number of hydrogen-bond acceptors (Lipinski definition) is 3. The number of rotatable bonds is 4. The van der Waals surface area contributed by atoms with Crippen LogP contribution in [0.2, 0.25) is 5.02 Å². The molecule has 1 unspecified atom stereocenters. The van der Waals surface area contributed by atoms with Gasteiger partial charge < -0.3 is 10.6 Å². The molecule has 2 aliphatic heterocycles. The lowest BCUT2D eigenvalue weighted by Crippen LogP contribution is -2.33. The summed E-state index contributed by atoms with van der Waals surface area (Å²) in [5.74, 6) is -0.886. The Morgan fingerprint density at radius 3 is 2.74 bits per heavy atom. The number of amides is 2. The minimum Gasteiger partial charge on any atom is -0.374 e. The van der Waals surface area contributed by atoms with Crippen LogP contribution in [0, 0.1) is 11.6 Å². The molecule has 0 spiro atoms. The van der Waals surface area contributed by atoms with E-state index in [-0.39, 0.29) is 5.82 Å². The number of urea groups is 1. The highest BCUT2D eigenvalue weighted by Gasteiger charge is 2.35. The first-order valence-corrected chi connectivity index (χ1v) is 12.2. The second kappa shape index (κ2) is 9.05. The van der Waals surface area contributed by atoms with Crippen molar-refractivity contribution >= 4 is 45.6 Å². The van der Waals surface area contributed by atoms with Crippen molar-refractivity contribution in [2.45, 2.75) is 25.4 Å². The van der Waals surface area contributed by atoms with Crippen LogP contribution in [-0.2, 0) is 13.0 Å². The van der Waals surface area contributed by atoms with Crippen LogP contribution in [0.5, 0.6) is 0 Å². The molecular formula is C27H20ClF4N5O. The van der Waals surface area contributed by atoms with E-state index in [9.17, 15) is 22.4 Å². The summed E-state index contributed by atoms with van der Waals surface area (Å²) in [5, 5.41) is 11.1. The van der Waals surface area contributed by atoms with Crippen LogP contribution in [0.1, 0.15) is 28.3 Å². The van der Waals surface area contributed by atoms with Gasteiger partial charge in [-0.25, -0.2) is 22.4 Å². The zero-order valence-electron chi connectivity index (χ0n) is 19.7. The molecule has 0 aliphatic carbocycles. The zero-order chi connectivity index (χ0) is 26.7. The van der Waals surface area contributed by atoms with Crippen molar-refractivity contribution in [2.75, 3.05) is 16.8 Å². The fourth-order valence-electron chi connectivity index (χ4n) is 5.29. The van der Waals surface area contributed by atoms with Crippen molar-refractivity contribution in [1.82, 2.24) is 15.1 Å². The summed E-state index contributed by atoms with van der Waals surface area (Å²) < 4.78 is 55.7. The molecule has 0 radical (unpaired) electrons. The fourth-order valence-corrected chi connectivity index (χ4v) is 5.52. The highest BCUT2D eigenvalue weighted by Crippen LogP contribution is 2.46. The number of hydrogen-bond donors (Lipinski definition) is 2. The summed E-state index contributed by atoms with van der Waals surface area (Å²) >= 11 is 6.44. The molecule has 0 bridgehead atoms. The third-order valence-corrected chi connectivity index (χ3v) is 7.25. The van der Waals surface area contributed by atoms with Crippen LogP contribution >= 0.6 is 11.6 Å². The topological polar surface area (TPSA) is 62.2 Å². The molecule has 0 fully saturated rings. The van der Waals surface area contributed by atoms with Gasteiger partial charge >= 0.3 is 6.03 Å². The van der Waals surface area contributed by atoms with Crippen LogP contribution in [-0.4, -0.2) is 28.8 Å². The molecule has 2 aliphatic rings. The summed E-state index contributed by atoms with van der Waals surface area (Å²) in [6.45, 7) is 3.78. The number of alkyl halides is 2. The third-order valence-electron chi connectivity index (χ3n) is 6.90. The minimum atomic E-state index is -2.65. The predicted octanol–water partition coefficient (Wildman–Crippen LogP) is 6.49. The van der Waals surface area contributed by atoms with Crippen LogP contribution in [0.15, 0.2) is 55.2 Å². The number of halogens is 5. The third kappa shape index (κ3) is 3.96. The number of nitrogens with one attached hydrogen (secondary N) is 2. The van der Waals surface area contributed by atoms with E-state index >= 15 is 0 Å². The van der Waals surface area contributed by atoms with Gasteiger partial charge in [0.25, 0.3) is 6.43 Å². The quantitative estimate of drug-likeness (QED) is 0.290. The Labute approximate surface area is 219 Å². The molecule has 3 heterocycles. The van der Waals surface area contributed by atoms with Gasteiger partial charge in [0.2, 0.25) is 0 Å². The summed E-state index contributed by atoms with van der Waals surface area (Å²) in [6, 6.07) is 8.60. The van der Waals surface area contributed by atoms with Gasteiger partial charge in [0, 0.05) is 45.0 Å². The Balaban J connectivity index is 1.50. The predicted molar refractivity (Wildman–Crippen MR) is 138 cm³/mol. The van der Waals surface area contributed by atoms with E-state index in [0.29, 0.717) is 68.2 Å². The molecule has 38 heavy (non-hydrogen) atoms. The van der Waals surface area contributed by atoms with Crippen molar-refractivity contribution in [3.8, 4) is 0 Å². The van der Waals surface area contributed by atoms with Gasteiger partial charge in [-0.05, 0) is 54.4 Å². The molecule has 6 nitrogen and oxygen atoms in total. The molecule has 4 aromatic rings. The van der Waals surface area contributed by atoms with E-state index in [4.69, 9.17) is 11.6 Å². The summed E-state index contributed by atoms with van der Waals surface area (Å²) in [6.07, 6.45) is -0.694. The molecule has 11 heteroatoms. The van der Waals surface area contributed by atoms with E-state index in [0.717, 1.165) is 0 Å². The van der Waals surface area contributed by atoms with Crippen LogP contribution in [0.25, 0.3) is 16.6 Å². The average molecular weight is 542 g/mol. The maximum atomic E-state index is 14.2. The number of carbonyl (C=O) groups is 1. The van der Waals surface area contributed by atoms with Gasteiger partial charge in [0.15, 0.2) is 0 Å². The summed E-state index contributed by atoms with van der Waals surface area (Å²) in [4.78, 5) is 15.0. The first-order valence-electron chi connectivity index (χ1n) is 11.8. The number of nitrogens with zero attached hydrogens (tertiary/aromatic N) is 3. The maximum absolute atomic E-state index is 14.2. The Kier molecular flexibility index (Phi) is 5.79. The highest BCUT2D eigenvalue weighted by atomic mass is 35.5. The summed E-state index contributed by atoms with van der Waals surface area (Å²) in [7, 11) is 0. The Morgan fingerprint density at radius 2 is 1.95 bits per heavy atom. The molecule has 1 aromatic heterocycles. The number of benzene rings is 3. The molecule has 2 amide bonds. The average Bonchev–Trinajstić information content (AvgIpc) is 3.56. The number of anilines is 2. The molecule has 0 saturated heterocycles. The molecular weight excluding hydrogens is 522 g/mol. The van der Waals surface area contributed by atoms with E-state index in [2.05, 4.69) is 22.3 Å². The van der Waals surface area contributed by atoms with Gasteiger partial charge in [-0.15, -0.1) is 0 Å². The normalized spacial score (nSPS) is 16.2. The molecule has 194 valence electrons. The van der Waals surface area contributed by atoms with E-state index in [1.54, 1.807) is 12.1 Å². The number of fused-ring (bicyclic) bond motifs is 4. The second-order valence-electron chi connectivity index (χ2n) is 9.19. The van der Waals surface area contributed by atoms with Gasteiger partial charge in [0.05, 0.1) is 23.4 Å². The van der Waals surface area contributed by atoms with Crippen molar-refractivity contribution in [1.29, 1.82) is 0 Å². The Morgan fingerprint density at radius 1 is 1.18 bits per heavy atom. The molecule has 1 atom stereocenters. The monoisotopic (exact) mass is 541 g/mol. The zero-order valence-corrected chi connectivity index (χ0v) is 20.5. The number of carbonyl (C=O) groups excluding carboxylic acids is 1. The SMILES string of the molecule is C=C1NC(c2cc(F)ccc2Cl)c2c(NC(=O)N3CCc4cc(F)ccc43)cc3c(cnn3CC(F)F)c21. The van der Waals surface area contributed by atoms with Gasteiger partial charge in [-0.2, -0.15) is 5.10 Å². The van der Waals surface area contributed by atoms with Crippen molar-refractivity contribution in [3.05, 3.63) is 94.2 Å². The van der Waals surface area contributed by atoms with Crippen LogP contribution < -0.4 is 15.5 Å². The van der Waals surface area contributed by atoms with Crippen LogP contribution in [0.3, 0.4) is 0 Å². The van der Waals surface area contributed by atoms with E-state index in [1.165, 1.54) is 46.1 Å². The maximum Gasteiger partial charge on any atom is 0.326 e. The Bertz CT molecular complexity index is 1640. The lowest BCUT2D eigenvalue weighted by molar-refractivity contribution is 0.123. The lowest BCUT2D eigenvalue weighted by atomic mass is 9.94. The largest absolute Gasteiger partial charge is 0.374 e. The summed E-state index contributed by atoms with van der Waals surface area (Å²) in [5.41, 5.74) is 3.95. The standard InChI is InChI=1S/C27H20ClF4N5O/c1-13-24-18-11-33-37(12-23(31)32)22(18)10-20(25(24)26(34-13)17-9-16(30)2-4-19(17)28)35-27(38)36-7-6-14-8-15(29)3-5-21(14)36/h2-5,8-11,23,26,34H,1,6-7,12H2,(H,35,38). The molecule has 2 N–H and O–H groups in total. The van der Waals surface area contributed by atoms with Crippen molar-refractivity contribution in [3.63, 3.8) is 0 Å². The molecule has 6 rings (SSSR count). The van der Waals surface area contributed by atoms with Crippen molar-refractivity contribution in [2.24, 2.45) is 0 Å². The Hall–Kier alpha value is -4.05. The van der Waals surface area contributed by atoms with Gasteiger partial charge in [-0.1, -0.05) is 18.2 Å². The number of aromatic nitrogens is 2. The second-order valence-corrected chi connectivity index (χ2v) is 9.60. The first-order chi connectivity index (χ1) is 18.2. The van der Waals surface area contributed by atoms with Crippen molar-refractivity contribution < 1.29 is 22.4 Å². The van der Waals surface area contributed by atoms with Crippen LogP contribution in [0.4, 0.5) is 33.7 Å². The molecule has 0 saturated carbocycles. The van der Waals surface area contributed by atoms with E-state index in [1.807, 2.05) is 0 Å². The fraction of sp³-hybridized carbons (Fsp3) is 0.185. The lowest BCUT2D eigenvalue weighted by Gasteiger charge is -2.22. The van der Waals surface area contributed by atoms with Gasteiger partial charge in [0.1, 0.15) is 18.2 Å². The van der Waals surface area contributed by atoms with Gasteiger partial charge in [-0.3, -0.25) is 9.58 Å². The van der Waals surface area contributed by atoms with E-state index < -0.39 is 30.9 Å². The smallest absolute Gasteiger partial charge is 0.326 e.